The second kappa shape index (κ2) is 8.76. The molecule has 0 amide bonds. The molecule has 1 unspecified atom stereocenters. The normalized spacial score (nSPS) is 13.7. The van der Waals surface area contributed by atoms with Crippen molar-refractivity contribution in [3.63, 3.8) is 0 Å². The predicted octanol–water partition coefficient (Wildman–Crippen LogP) is 5.36. The lowest BCUT2D eigenvalue weighted by molar-refractivity contribution is 0.369. The van der Waals surface area contributed by atoms with Crippen molar-refractivity contribution in [3.8, 4) is 0 Å². The highest BCUT2D eigenvalue weighted by molar-refractivity contribution is 5.10. The van der Waals surface area contributed by atoms with E-state index < -0.39 is 0 Å². The zero-order valence-corrected chi connectivity index (χ0v) is 11.1. The van der Waals surface area contributed by atoms with Gasteiger partial charge in [-0.3, -0.25) is 0 Å². The molecule has 15 heavy (non-hydrogen) atoms. The van der Waals surface area contributed by atoms with E-state index in [9.17, 15) is 0 Å². The Morgan fingerprint density at radius 2 is 2.00 bits per heavy atom. The quantitative estimate of drug-likeness (QED) is 0.372. The number of unbranched alkanes of at least 4 members (excludes halogenated alkanes) is 1. The Hall–Kier alpha value is -0.520. The SMILES string of the molecule is C=C(C)C=CCCCC(CC)CC(C)C. The lowest BCUT2D eigenvalue weighted by Crippen LogP contribution is -2.03. The van der Waals surface area contributed by atoms with Crippen LogP contribution in [-0.2, 0) is 0 Å². The minimum absolute atomic E-state index is 0.848. The Balaban J connectivity index is 3.59. The fourth-order valence-corrected chi connectivity index (χ4v) is 1.96. The zero-order chi connectivity index (χ0) is 11.7. The lowest BCUT2D eigenvalue weighted by Gasteiger charge is -2.16. The third-order valence-corrected chi connectivity index (χ3v) is 2.77. The average Bonchev–Trinajstić information content (AvgIpc) is 2.14. The standard InChI is InChI=1S/C15H28/c1-6-15(12-14(4)5)11-9-7-8-10-13(2)3/h8,10,14-15H,2,6-7,9,11-12H2,1,3-5H3. The molecule has 0 aliphatic rings. The van der Waals surface area contributed by atoms with Crippen molar-refractivity contribution in [2.24, 2.45) is 11.8 Å². The fraction of sp³-hybridized carbons (Fsp3) is 0.733. The Bertz CT molecular complexity index is 186. The molecule has 0 fully saturated rings. The zero-order valence-electron chi connectivity index (χ0n) is 11.1. The maximum absolute atomic E-state index is 3.86. The first kappa shape index (κ1) is 14.5. The molecule has 0 heterocycles. The van der Waals surface area contributed by atoms with Gasteiger partial charge in [0, 0.05) is 0 Å². The first-order valence-corrected chi connectivity index (χ1v) is 6.38. The molecule has 0 nitrogen and oxygen atoms in total. The van der Waals surface area contributed by atoms with Gasteiger partial charge in [0.15, 0.2) is 0 Å². The maximum atomic E-state index is 3.86. The Morgan fingerprint density at radius 1 is 1.33 bits per heavy atom. The average molecular weight is 208 g/mol. The molecule has 0 aromatic rings. The minimum atomic E-state index is 0.848. The van der Waals surface area contributed by atoms with E-state index >= 15 is 0 Å². The molecular weight excluding hydrogens is 180 g/mol. The van der Waals surface area contributed by atoms with Crippen molar-refractivity contribution in [3.05, 3.63) is 24.3 Å². The topological polar surface area (TPSA) is 0 Å². The van der Waals surface area contributed by atoms with Crippen molar-refractivity contribution in [2.45, 2.75) is 59.8 Å². The van der Waals surface area contributed by atoms with Crippen LogP contribution in [0.1, 0.15) is 59.8 Å². The molecular formula is C15H28. The minimum Gasteiger partial charge on any atom is -0.0961 e. The van der Waals surface area contributed by atoms with Crippen LogP contribution in [0.3, 0.4) is 0 Å². The highest BCUT2D eigenvalue weighted by Crippen LogP contribution is 2.21. The third-order valence-electron chi connectivity index (χ3n) is 2.77. The van der Waals surface area contributed by atoms with E-state index in [1.165, 1.54) is 32.1 Å². The summed E-state index contributed by atoms with van der Waals surface area (Å²) in [7, 11) is 0. The van der Waals surface area contributed by atoms with Crippen LogP contribution in [0.4, 0.5) is 0 Å². The number of hydrogen-bond donors (Lipinski definition) is 0. The van der Waals surface area contributed by atoms with Gasteiger partial charge in [-0.25, -0.2) is 0 Å². The van der Waals surface area contributed by atoms with Gasteiger partial charge in [-0.05, 0) is 38.0 Å². The van der Waals surface area contributed by atoms with Crippen LogP contribution in [0, 0.1) is 11.8 Å². The molecule has 0 aromatic heterocycles. The predicted molar refractivity (Wildman–Crippen MR) is 71.0 cm³/mol. The van der Waals surface area contributed by atoms with E-state index in [0.717, 1.165) is 17.4 Å². The molecule has 0 aliphatic carbocycles. The van der Waals surface area contributed by atoms with E-state index in [2.05, 4.69) is 39.5 Å². The number of allylic oxidation sites excluding steroid dienone is 3. The van der Waals surface area contributed by atoms with Crippen molar-refractivity contribution in [1.29, 1.82) is 0 Å². The van der Waals surface area contributed by atoms with Crippen LogP contribution in [0.15, 0.2) is 24.3 Å². The molecule has 0 bridgehead atoms. The van der Waals surface area contributed by atoms with E-state index in [0.29, 0.717) is 0 Å². The van der Waals surface area contributed by atoms with Gasteiger partial charge in [-0.1, -0.05) is 57.9 Å². The summed E-state index contributed by atoms with van der Waals surface area (Å²) in [6.45, 7) is 12.9. The number of hydrogen-bond acceptors (Lipinski definition) is 0. The van der Waals surface area contributed by atoms with E-state index in [4.69, 9.17) is 0 Å². The van der Waals surface area contributed by atoms with Crippen LogP contribution in [-0.4, -0.2) is 0 Å². The van der Waals surface area contributed by atoms with Gasteiger partial charge in [0.2, 0.25) is 0 Å². The summed E-state index contributed by atoms with van der Waals surface area (Å²) in [6.07, 6.45) is 11.0. The maximum Gasteiger partial charge on any atom is -0.0347 e. The van der Waals surface area contributed by atoms with Gasteiger partial charge in [0.05, 0.1) is 0 Å². The highest BCUT2D eigenvalue weighted by Gasteiger charge is 2.07. The van der Waals surface area contributed by atoms with Gasteiger partial charge < -0.3 is 0 Å². The summed E-state index contributed by atoms with van der Waals surface area (Å²) >= 11 is 0. The Labute approximate surface area is 96.5 Å². The molecule has 0 saturated heterocycles. The molecule has 88 valence electrons. The molecule has 0 radical (unpaired) electrons. The van der Waals surface area contributed by atoms with Gasteiger partial charge in [0.25, 0.3) is 0 Å². The Morgan fingerprint density at radius 3 is 2.47 bits per heavy atom. The monoisotopic (exact) mass is 208 g/mol. The summed E-state index contributed by atoms with van der Waals surface area (Å²) in [6, 6.07) is 0. The fourth-order valence-electron chi connectivity index (χ4n) is 1.96. The van der Waals surface area contributed by atoms with Crippen LogP contribution in [0.2, 0.25) is 0 Å². The van der Waals surface area contributed by atoms with E-state index in [-0.39, 0.29) is 0 Å². The van der Waals surface area contributed by atoms with Crippen LogP contribution in [0.25, 0.3) is 0 Å². The second-order valence-corrected chi connectivity index (χ2v) is 5.08. The van der Waals surface area contributed by atoms with Crippen molar-refractivity contribution in [2.75, 3.05) is 0 Å². The summed E-state index contributed by atoms with van der Waals surface area (Å²) < 4.78 is 0. The van der Waals surface area contributed by atoms with Gasteiger partial charge in [-0.2, -0.15) is 0 Å². The Kier molecular flexibility index (Phi) is 8.46. The van der Waals surface area contributed by atoms with Crippen molar-refractivity contribution in [1.82, 2.24) is 0 Å². The van der Waals surface area contributed by atoms with Gasteiger partial charge >= 0.3 is 0 Å². The van der Waals surface area contributed by atoms with Crippen molar-refractivity contribution >= 4 is 0 Å². The molecule has 0 saturated carbocycles. The largest absolute Gasteiger partial charge is 0.0961 e. The van der Waals surface area contributed by atoms with E-state index in [1.54, 1.807) is 0 Å². The molecule has 0 aliphatic heterocycles. The molecule has 0 spiro atoms. The summed E-state index contributed by atoms with van der Waals surface area (Å²) in [5.74, 6) is 1.78. The number of rotatable bonds is 8. The third kappa shape index (κ3) is 9.78. The summed E-state index contributed by atoms with van der Waals surface area (Å²) in [4.78, 5) is 0. The molecule has 0 aromatic carbocycles. The summed E-state index contributed by atoms with van der Waals surface area (Å²) in [5.41, 5.74) is 1.16. The molecule has 1 atom stereocenters. The smallest absolute Gasteiger partial charge is 0.0347 e. The first-order valence-electron chi connectivity index (χ1n) is 6.38. The first-order chi connectivity index (χ1) is 7.06. The second-order valence-electron chi connectivity index (χ2n) is 5.08. The van der Waals surface area contributed by atoms with Crippen LogP contribution in [0.5, 0.6) is 0 Å². The summed E-state index contributed by atoms with van der Waals surface area (Å²) in [5, 5.41) is 0. The van der Waals surface area contributed by atoms with Crippen LogP contribution < -0.4 is 0 Å². The molecule has 0 N–H and O–H groups in total. The van der Waals surface area contributed by atoms with Crippen molar-refractivity contribution < 1.29 is 0 Å². The van der Waals surface area contributed by atoms with Gasteiger partial charge in [0.1, 0.15) is 0 Å². The molecule has 0 rings (SSSR count). The van der Waals surface area contributed by atoms with Crippen LogP contribution >= 0.6 is 0 Å². The van der Waals surface area contributed by atoms with E-state index in [1.807, 2.05) is 6.92 Å². The lowest BCUT2D eigenvalue weighted by atomic mass is 9.90. The highest BCUT2D eigenvalue weighted by atomic mass is 14.1. The molecule has 0 heteroatoms. The van der Waals surface area contributed by atoms with Gasteiger partial charge in [-0.15, -0.1) is 0 Å².